The number of carbonyl (C=O) groups is 1. The van der Waals surface area contributed by atoms with Crippen molar-refractivity contribution in [1.29, 1.82) is 0 Å². The molecular weight excluding hydrogens is 381 g/mol. The maximum Gasteiger partial charge on any atom is 0.311 e. The van der Waals surface area contributed by atoms with Crippen molar-refractivity contribution in [2.45, 2.75) is 52.0 Å². The van der Waals surface area contributed by atoms with Gasteiger partial charge in [0.05, 0.1) is 10.8 Å². The van der Waals surface area contributed by atoms with Crippen LogP contribution in [0.5, 0.6) is 5.75 Å². The highest BCUT2D eigenvalue weighted by Crippen LogP contribution is 2.20. The zero-order chi connectivity index (χ0) is 20.9. The van der Waals surface area contributed by atoms with Gasteiger partial charge in [0.15, 0.2) is 0 Å². The molecule has 2 aromatic rings. The molecule has 152 valence electrons. The van der Waals surface area contributed by atoms with Gasteiger partial charge in [-0.15, -0.1) is 0 Å². The van der Waals surface area contributed by atoms with Crippen LogP contribution in [-0.2, 0) is 16.7 Å². The van der Waals surface area contributed by atoms with Crippen molar-refractivity contribution >= 4 is 16.0 Å². The van der Waals surface area contributed by atoms with Gasteiger partial charge in [0, 0.05) is 12.6 Å². The highest BCUT2D eigenvalue weighted by Gasteiger charge is 2.23. The first-order valence-electron chi connectivity index (χ1n) is 9.23. The van der Waals surface area contributed by atoms with Crippen molar-refractivity contribution in [3.8, 4) is 5.75 Å². The highest BCUT2D eigenvalue weighted by atomic mass is 32.2. The molecule has 0 aliphatic heterocycles. The van der Waals surface area contributed by atoms with Crippen molar-refractivity contribution in [3.63, 3.8) is 0 Å². The second-order valence-corrected chi connectivity index (χ2v) is 9.03. The van der Waals surface area contributed by atoms with Crippen LogP contribution in [0.2, 0.25) is 0 Å². The van der Waals surface area contributed by atoms with E-state index >= 15 is 0 Å². The fraction of sp³-hybridized carbons (Fsp3) is 0.381. The van der Waals surface area contributed by atoms with Crippen LogP contribution >= 0.6 is 0 Å². The van der Waals surface area contributed by atoms with E-state index in [-0.39, 0.29) is 29.8 Å². The zero-order valence-corrected chi connectivity index (χ0v) is 17.4. The first-order chi connectivity index (χ1) is 13.2. The first-order valence-corrected chi connectivity index (χ1v) is 10.7. The van der Waals surface area contributed by atoms with Gasteiger partial charge in [0.25, 0.3) is 5.91 Å². The van der Waals surface area contributed by atoms with Gasteiger partial charge in [-0.3, -0.25) is 4.79 Å². The number of halogens is 1. The van der Waals surface area contributed by atoms with E-state index in [0.29, 0.717) is 6.42 Å². The van der Waals surface area contributed by atoms with Crippen LogP contribution in [0.15, 0.2) is 48.5 Å². The summed E-state index contributed by atoms with van der Waals surface area (Å²) in [6.07, 6.45) is 0.716. The molecule has 0 aromatic heterocycles. The van der Waals surface area contributed by atoms with Crippen LogP contribution in [-0.4, -0.2) is 30.5 Å². The number of amides is 1. The van der Waals surface area contributed by atoms with Crippen LogP contribution in [0.3, 0.4) is 0 Å². The minimum Gasteiger partial charge on any atom is -0.382 e. The van der Waals surface area contributed by atoms with E-state index in [0.717, 1.165) is 5.56 Å². The predicted octanol–water partition coefficient (Wildman–Crippen LogP) is 4.38. The molecular formula is C21H26FNO4S. The molecule has 0 spiro atoms. The molecule has 0 aliphatic rings. The van der Waals surface area contributed by atoms with Crippen molar-refractivity contribution in [2.24, 2.45) is 0 Å². The van der Waals surface area contributed by atoms with Gasteiger partial charge in [-0.1, -0.05) is 31.2 Å². The van der Waals surface area contributed by atoms with Gasteiger partial charge in [-0.05, 0) is 57.0 Å². The van der Waals surface area contributed by atoms with Crippen LogP contribution in [0.25, 0.3) is 0 Å². The minimum absolute atomic E-state index is 0.0331. The summed E-state index contributed by atoms with van der Waals surface area (Å²) in [6.45, 7) is 7.23. The molecule has 7 heteroatoms. The molecule has 5 nitrogen and oxygen atoms in total. The number of rotatable bonds is 8. The van der Waals surface area contributed by atoms with Gasteiger partial charge >= 0.3 is 10.1 Å². The van der Waals surface area contributed by atoms with E-state index in [4.69, 9.17) is 4.18 Å². The van der Waals surface area contributed by atoms with Crippen LogP contribution in [0.4, 0.5) is 4.39 Å². The topological polar surface area (TPSA) is 63.7 Å². The summed E-state index contributed by atoms with van der Waals surface area (Å²) in [7, 11) is -3.66. The summed E-state index contributed by atoms with van der Waals surface area (Å²) < 4.78 is 42.8. The normalized spacial score (nSPS) is 12.6. The molecule has 28 heavy (non-hydrogen) atoms. The molecule has 0 aliphatic carbocycles. The van der Waals surface area contributed by atoms with Crippen molar-refractivity contribution in [1.82, 2.24) is 4.90 Å². The summed E-state index contributed by atoms with van der Waals surface area (Å²) in [4.78, 5) is 14.5. The van der Waals surface area contributed by atoms with Crippen molar-refractivity contribution in [3.05, 3.63) is 65.5 Å². The highest BCUT2D eigenvalue weighted by molar-refractivity contribution is 7.87. The Morgan fingerprint density at radius 3 is 2.21 bits per heavy atom. The van der Waals surface area contributed by atoms with Crippen LogP contribution < -0.4 is 4.18 Å². The Labute approximate surface area is 166 Å². The lowest BCUT2D eigenvalue weighted by atomic mass is 10.1. The fourth-order valence-corrected chi connectivity index (χ4v) is 3.09. The Kier molecular flexibility index (Phi) is 7.18. The van der Waals surface area contributed by atoms with Gasteiger partial charge in [0.1, 0.15) is 11.6 Å². The number of carbonyl (C=O) groups excluding carboxylic acids is 1. The maximum absolute atomic E-state index is 14.1. The lowest BCUT2D eigenvalue weighted by Crippen LogP contribution is -2.38. The summed E-state index contributed by atoms with van der Waals surface area (Å²) in [5.74, 6) is -0.716. The van der Waals surface area contributed by atoms with Gasteiger partial charge in [-0.2, -0.15) is 8.42 Å². The molecule has 2 rings (SSSR count). The Morgan fingerprint density at radius 2 is 1.68 bits per heavy atom. The molecule has 0 heterocycles. The van der Waals surface area contributed by atoms with Crippen molar-refractivity contribution < 1.29 is 21.8 Å². The van der Waals surface area contributed by atoms with E-state index in [2.05, 4.69) is 0 Å². The maximum atomic E-state index is 14.1. The summed E-state index contributed by atoms with van der Waals surface area (Å²) in [6, 6.07) is 12.3. The molecule has 0 saturated heterocycles. The lowest BCUT2D eigenvalue weighted by Gasteiger charge is -2.29. The summed E-state index contributed by atoms with van der Waals surface area (Å²) >= 11 is 0. The van der Waals surface area contributed by atoms with E-state index in [1.54, 1.807) is 55.1 Å². The third-order valence-electron chi connectivity index (χ3n) is 4.55. The molecule has 1 atom stereocenters. The summed E-state index contributed by atoms with van der Waals surface area (Å²) in [5, 5.41) is -0.647. The number of hydrogen-bond acceptors (Lipinski definition) is 4. The Balaban J connectivity index is 2.21. The first kappa shape index (κ1) is 21.9. The Bertz CT molecular complexity index is 910. The molecule has 0 unspecified atom stereocenters. The van der Waals surface area contributed by atoms with E-state index in [9.17, 15) is 17.6 Å². The summed E-state index contributed by atoms with van der Waals surface area (Å²) in [5.41, 5.74) is 0.824. The predicted molar refractivity (Wildman–Crippen MR) is 107 cm³/mol. The van der Waals surface area contributed by atoms with Gasteiger partial charge in [0.2, 0.25) is 0 Å². The van der Waals surface area contributed by atoms with E-state index in [1.807, 2.05) is 13.8 Å². The van der Waals surface area contributed by atoms with Crippen molar-refractivity contribution in [2.75, 3.05) is 0 Å². The molecule has 2 aromatic carbocycles. The number of benzene rings is 2. The smallest absolute Gasteiger partial charge is 0.311 e. The SMILES string of the molecule is CC[C@H](C)N(Cc1ccc(OS(=O)(=O)C(C)C)cc1)C(=O)c1ccccc1F. The molecule has 0 saturated carbocycles. The average molecular weight is 408 g/mol. The molecule has 0 radical (unpaired) electrons. The fourth-order valence-electron chi connectivity index (χ4n) is 2.52. The molecule has 0 bridgehead atoms. The Morgan fingerprint density at radius 1 is 1.07 bits per heavy atom. The molecule has 0 N–H and O–H groups in total. The third-order valence-corrected chi connectivity index (χ3v) is 6.13. The van der Waals surface area contributed by atoms with Gasteiger partial charge < -0.3 is 9.08 Å². The lowest BCUT2D eigenvalue weighted by molar-refractivity contribution is 0.0666. The standard InChI is InChI=1S/C21H26FNO4S/c1-5-16(4)23(21(24)19-8-6-7-9-20(19)22)14-17-10-12-18(13-11-17)27-28(25,26)15(2)3/h6-13,15-16H,5,14H2,1-4H3/t16-/m0/s1. The quantitative estimate of drug-likeness (QED) is 0.609. The largest absolute Gasteiger partial charge is 0.382 e. The second kappa shape index (κ2) is 9.19. The molecule has 0 fully saturated rings. The van der Waals surface area contributed by atoms with Gasteiger partial charge in [-0.25, -0.2) is 4.39 Å². The monoisotopic (exact) mass is 407 g/mol. The average Bonchev–Trinajstić information content (AvgIpc) is 2.66. The van der Waals surface area contributed by atoms with Crippen LogP contribution in [0.1, 0.15) is 50.0 Å². The van der Waals surface area contributed by atoms with Crippen LogP contribution in [0, 0.1) is 5.82 Å². The molecule has 1 amide bonds. The minimum atomic E-state index is -3.66. The second-order valence-electron chi connectivity index (χ2n) is 6.94. The number of hydrogen-bond donors (Lipinski definition) is 0. The Hall–Kier alpha value is -2.41. The zero-order valence-electron chi connectivity index (χ0n) is 16.6. The van der Waals surface area contributed by atoms with E-state index < -0.39 is 21.2 Å². The van der Waals surface area contributed by atoms with E-state index in [1.165, 1.54) is 12.1 Å². The third kappa shape index (κ3) is 5.32. The number of nitrogens with zero attached hydrogens (tertiary/aromatic N) is 1.